The number of hydrogen-bond donors (Lipinski definition) is 0. The van der Waals surface area contributed by atoms with E-state index in [0.29, 0.717) is 6.54 Å². The van der Waals surface area contributed by atoms with Crippen LogP contribution in [0.25, 0.3) is 0 Å². The van der Waals surface area contributed by atoms with Gasteiger partial charge in [-0.3, -0.25) is 14.5 Å². The van der Waals surface area contributed by atoms with Crippen molar-refractivity contribution in [1.82, 2.24) is 9.80 Å². The van der Waals surface area contributed by atoms with E-state index in [0.717, 1.165) is 18.5 Å². The Morgan fingerprint density at radius 2 is 1.81 bits per heavy atom. The number of Topliss-reactive ketones (excluding diaryl/α,β-unsaturated/α-hetero) is 1. The summed E-state index contributed by atoms with van der Waals surface area (Å²) >= 11 is 0. The van der Waals surface area contributed by atoms with Crippen molar-refractivity contribution < 1.29 is 9.59 Å². The highest BCUT2D eigenvalue weighted by Gasteiger charge is 2.40. The summed E-state index contributed by atoms with van der Waals surface area (Å²) in [5.74, 6) is 0.144. The van der Waals surface area contributed by atoms with Crippen molar-refractivity contribution in [3.63, 3.8) is 0 Å². The smallest absolute Gasteiger partial charge is 0.242 e. The molecule has 1 heterocycles. The van der Waals surface area contributed by atoms with Crippen LogP contribution < -0.4 is 0 Å². The molecule has 0 N–H and O–H groups in total. The van der Waals surface area contributed by atoms with Crippen LogP contribution in [-0.2, 0) is 11.2 Å². The molecule has 4 nitrogen and oxygen atoms in total. The number of carbonyl (C=O) groups is 2. The van der Waals surface area contributed by atoms with Gasteiger partial charge in [0.25, 0.3) is 0 Å². The lowest BCUT2D eigenvalue weighted by molar-refractivity contribution is -0.146. The van der Waals surface area contributed by atoms with Crippen molar-refractivity contribution in [3.8, 4) is 0 Å². The number of benzene rings is 1. The van der Waals surface area contributed by atoms with Crippen LogP contribution in [0.4, 0.5) is 0 Å². The fraction of sp³-hybridized carbons (Fsp3) is 0.529. The SMILES string of the molecule is CCc1ccc(C(=O)CN2CCN(C)C(=O)C2(C)C)cc1. The van der Waals surface area contributed by atoms with Crippen LogP contribution in [0.3, 0.4) is 0 Å². The van der Waals surface area contributed by atoms with Gasteiger partial charge in [-0.05, 0) is 25.8 Å². The van der Waals surface area contributed by atoms with Gasteiger partial charge in [-0.1, -0.05) is 31.2 Å². The van der Waals surface area contributed by atoms with Gasteiger partial charge in [-0.2, -0.15) is 0 Å². The molecule has 2 rings (SSSR count). The number of piperazine rings is 1. The van der Waals surface area contributed by atoms with Gasteiger partial charge in [0.1, 0.15) is 0 Å². The zero-order valence-electron chi connectivity index (χ0n) is 13.3. The predicted molar refractivity (Wildman–Crippen MR) is 83.4 cm³/mol. The van der Waals surface area contributed by atoms with Crippen LogP contribution in [-0.4, -0.2) is 53.7 Å². The van der Waals surface area contributed by atoms with Gasteiger partial charge in [0.2, 0.25) is 5.91 Å². The number of amides is 1. The molecule has 0 atom stereocenters. The molecule has 0 bridgehead atoms. The van der Waals surface area contributed by atoms with Gasteiger partial charge in [-0.15, -0.1) is 0 Å². The molecule has 1 aliphatic rings. The van der Waals surface area contributed by atoms with Crippen LogP contribution in [0.15, 0.2) is 24.3 Å². The third-order valence-electron chi connectivity index (χ3n) is 4.38. The molecule has 1 saturated heterocycles. The fourth-order valence-corrected chi connectivity index (χ4v) is 2.72. The molecular formula is C17H24N2O2. The Morgan fingerprint density at radius 1 is 1.19 bits per heavy atom. The Kier molecular flexibility index (Phi) is 4.47. The van der Waals surface area contributed by atoms with E-state index in [1.807, 2.05) is 50.1 Å². The number of carbonyl (C=O) groups excluding carboxylic acids is 2. The predicted octanol–water partition coefficient (Wildman–Crippen LogP) is 1.98. The standard InChI is InChI=1S/C17H24N2O2/c1-5-13-6-8-14(9-7-13)15(20)12-19-11-10-18(4)16(21)17(19,2)3/h6-9H,5,10-12H2,1-4H3. The van der Waals surface area contributed by atoms with E-state index in [9.17, 15) is 9.59 Å². The Bertz CT molecular complexity index is 534. The summed E-state index contributed by atoms with van der Waals surface area (Å²) in [7, 11) is 1.81. The summed E-state index contributed by atoms with van der Waals surface area (Å²) in [6.45, 7) is 7.56. The molecule has 1 aromatic rings. The molecular weight excluding hydrogens is 264 g/mol. The average Bonchev–Trinajstić information content (AvgIpc) is 2.48. The Balaban J connectivity index is 2.09. The first-order chi connectivity index (χ1) is 9.86. The highest BCUT2D eigenvalue weighted by Crippen LogP contribution is 2.22. The zero-order chi connectivity index (χ0) is 15.6. The first-order valence-electron chi connectivity index (χ1n) is 7.49. The number of nitrogens with zero attached hydrogens (tertiary/aromatic N) is 2. The maximum absolute atomic E-state index is 12.4. The minimum absolute atomic E-state index is 0.0721. The Labute approximate surface area is 126 Å². The number of likely N-dealkylation sites (N-methyl/N-ethyl adjacent to an activating group) is 1. The average molecular weight is 288 g/mol. The number of aryl methyl sites for hydroxylation is 1. The van der Waals surface area contributed by atoms with Crippen molar-refractivity contribution >= 4 is 11.7 Å². The Morgan fingerprint density at radius 3 is 2.38 bits per heavy atom. The van der Waals surface area contributed by atoms with E-state index in [2.05, 4.69) is 6.92 Å². The van der Waals surface area contributed by atoms with Gasteiger partial charge >= 0.3 is 0 Å². The molecule has 0 unspecified atom stereocenters. The summed E-state index contributed by atoms with van der Waals surface area (Å²) in [5, 5.41) is 0. The molecule has 4 heteroatoms. The van der Waals surface area contributed by atoms with Crippen LogP contribution >= 0.6 is 0 Å². The number of ketones is 1. The van der Waals surface area contributed by atoms with E-state index in [1.54, 1.807) is 4.90 Å². The third-order valence-corrected chi connectivity index (χ3v) is 4.38. The van der Waals surface area contributed by atoms with Crippen molar-refractivity contribution in [2.45, 2.75) is 32.7 Å². The van der Waals surface area contributed by atoms with E-state index >= 15 is 0 Å². The van der Waals surface area contributed by atoms with Gasteiger partial charge in [0.15, 0.2) is 5.78 Å². The van der Waals surface area contributed by atoms with Crippen LogP contribution in [0.2, 0.25) is 0 Å². The van der Waals surface area contributed by atoms with Crippen LogP contribution in [0, 0.1) is 0 Å². The lowest BCUT2D eigenvalue weighted by Gasteiger charge is -2.44. The van der Waals surface area contributed by atoms with Gasteiger partial charge < -0.3 is 4.90 Å². The normalized spacial score (nSPS) is 18.9. The van der Waals surface area contributed by atoms with Gasteiger partial charge in [0, 0.05) is 25.7 Å². The largest absolute Gasteiger partial charge is 0.343 e. The minimum Gasteiger partial charge on any atom is -0.343 e. The third kappa shape index (κ3) is 3.16. The first-order valence-corrected chi connectivity index (χ1v) is 7.49. The molecule has 1 aromatic carbocycles. The lowest BCUT2D eigenvalue weighted by Crippen LogP contribution is -2.62. The van der Waals surface area contributed by atoms with Crippen molar-refractivity contribution in [2.24, 2.45) is 0 Å². The quantitative estimate of drug-likeness (QED) is 0.796. The topological polar surface area (TPSA) is 40.6 Å². The van der Waals surface area contributed by atoms with Crippen LogP contribution in [0.5, 0.6) is 0 Å². The zero-order valence-corrected chi connectivity index (χ0v) is 13.3. The summed E-state index contributed by atoms with van der Waals surface area (Å²) in [6, 6.07) is 7.75. The molecule has 21 heavy (non-hydrogen) atoms. The van der Waals surface area contributed by atoms with Crippen molar-refractivity contribution in [2.75, 3.05) is 26.7 Å². The molecule has 1 aliphatic heterocycles. The summed E-state index contributed by atoms with van der Waals surface area (Å²) < 4.78 is 0. The summed E-state index contributed by atoms with van der Waals surface area (Å²) in [6.07, 6.45) is 0.967. The lowest BCUT2D eigenvalue weighted by atomic mass is 9.96. The highest BCUT2D eigenvalue weighted by molar-refractivity contribution is 5.98. The molecule has 0 radical (unpaired) electrons. The first kappa shape index (κ1) is 15.7. The maximum Gasteiger partial charge on any atom is 0.242 e. The van der Waals surface area contributed by atoms with Crippen LogP contribution in [0.1, 0.15) is 36.7 Å². The van der Waals surface area contributed by atoms with E-state index in [4.69, 9.17) is 0 Å². The van der Waals surface area contributed by atoms with Gasteiger partial charge in [0.05, 0.1) is 12.1 Å². The monoisotopic (exact) mass is 288 g/mol. The molecule has 0 spiro atoms. The highest BCUT2D eigenvalue weighted by atomic mass is 16.2. The molecule has 0 aromatic heterocycles. The molecule has 1 amide bonds. The van der Waals surface area contributed by atoms with E-state index in [-0.39, 0.29) is 18.2 Å². The summed E-state index contributed by atoms with van der Waals surface area (Å²) in [5.41, 5.74) is 1.32. The van der Waals surface area contributed by atoms with E-state index < -0.39 is 5.54 Å². The van der Waals surface area contributed by atoms with E-state index in [1.165, 1.54) is 5.56 Å². The second-order valence-corrected chi connectivity index (χ2v) is 6.18. The molecule has 0 saturated carbocycles. The Hall–Kier alpha value is -1.68. The fourth-order valence-electron chi connectivity index (χ4n) is 2.72. The molecule has 1 fully saturated rings. The minimum atomic E-state index is -0.619. The second kappa shape index (κ2) is 5.98. The summed E-state index contributed by atoms with van der Waals surface area (Å²) in [4.78, 5) is 28.4. The number of rotatable bonds is 4. The molecule has 114 valence electrons. The molecule has 0 aliphatic carbocycles. The number of hydrogen-bond acceptors (Lipinski definition) is 3. The second-order valence-electron chi connectivity index (χ2n) is 6.18. The van der Waals surface area contributed by atoms with Gasteiger partial charge in [-0.25, -0.2) is 0 Å². The van der Waals surface area contributed by atoms with Crippen molar-refractivity contribution in [1.29, 1.82) is 0 Å². The van der Waals surface area contributed by atoms with Crippen molar-refractivity contribution in [3.05, 3.63) is 35.4 Å². The maximum atomic E-state index is 12.4.